The Hall–Kier alpha value is -5.90. The molecule has 0 saturated heterocycles. The molecule has 3 aromatic heterocycles. The molecule has 9 rings (SSSR count). The van der Waals surface area contributed by atoms with E-state index in [0.29, 0.717) is 11.4 Å². The molecular weight excluding hydrogens is 784 g/mol. The molecule has 0 fully saturated rings. The van der Waals surface area contributed by atoms with Crippen LogP contribution in [0.2, 0.25) is 0 Å². The molecule has 0 saturated carbocycles. The number of imidazole rings is 1. The molecule has 3 heterocycles. The van der Waals surface area contributed by atoms with Gasteiger partial charge in [-0.3, -0.25) is 0 Å². The molecule has 49 heavy (non-hydrogen) atoms. The molecule has 0 aliphatic carbocycles. The quantitative estimate of drug-likeness (QED) is 0.139. The smallest absolute Gasteiger partial charge is 0.125 e. The van der Waals surface area contributed by atoms with Gasteiger partial charge in [0.1, 0.15) is 17.3 Å². The Morgan fingerprint density at radius 3 is 2.02 bits per heavy atom. The molecule has 0 bridgehead atoms. The molecule has 0 radical (unpaired) electrons. The van der Waals surface area contributed by atoms with Crippen molar-refractivity contribution in [1.82, 2.24) is 19.5 Å². The van der Waals surface area contributed by atoms with E-state index in [2.05, 4.69) is 88.5 Å². The maximum Gasteiger partial charge on any atom is 0.125 e. The van der Waals surface area contributed by atoms with Crippen molar-refractivity contribution in [1.29, 1.82) is 0 Å². The number of hydrogen-bond acceptors (Lipinski definition) is 4. The van der Waals surface area contributed by atoms with Crippen LogP contribution in [0.1, 0.15) is 0 Å². The van der Waals surface area contributed by atoms with Crippen LogP contribution in [0.5, 0.6) is 5.75 Å². The minimum Gasteiger partial charge on any atom is -0.507 e. The van der Waals surface area contributed by atoms with E-state index in [1.807, 2.05) is 79.0 Å². The second kappa shape index (κ2) is 12.6. The van der Waals surface area contributed by atoms with Crippen LogP contribution in [-0.4, -0.2) is 24.6 Å². The van der Waals surface area contributed by atoms with Gasteiger partial charge in [0, 0.05) is 55.4 Å². The SMILES string of the molecule is Oc1cccc2ccc3ccc(-c4cn(-c5c(-c6ccccc6)cccc5-c5ccccc5)c(-c5ccnc6ccc[c-]c56)n4)nc3c12.[Pt]. The Kier molecular flexibility index (Phi) is 7.83. The summed E-state index contributed by atoms with van der Waals surface area (Å²) in [7, 11) is 0. The summed E-state index contributed by atoms with van der Waals surface area (Å²) < 4.78 is 2.20. The number of phenolic OH excluding ortho intramolecular Hbond substituents is 1. The first kappa shape index (κ1) is 30.4. The first-order chi connectivity index (χ1) is 23.7. The number of para-hydroxylation sites is 1. The van der Waals surface area contributed by atoms with Crippen LogP contribution in [0.25, 0.3) is 83.3 Å². The maximum absolute atomic E-state index is 10.9. The number of fused-ring (bicyclic) bond motifs is 4. The van der Waals surface area contributed by atoms with Gasteiger partial charge in [-0.05, 0) is 34.2 Å². The summed E-state index contributed by atoms with van der Waals surface area (Å²) in [6.07, 6.45) is 3.91. The van der Waals surface area contributed by atoms with Crippen molar-refractivity contribution >= 4 is 32.6 Å². The second-order valence-electron chi connectivity index (χ2n) is 11.8. The molecule has 0 aliphatic heterocycles. The van der Waals surface area contributed by atoms with Gasteiger partial charge >= 0.3 is 0 Å². The summed E-state index contributed by atoms with van der Waals surface area (Å²) in [6, 6.07) is 52.3. The molecule has 5 nitrogen and oxygen atoms in total. The third-order valence-electron chi connectivity index (χ3n) is 8.89. The van der Waals surface area contributed by atoms with Gasteiger partial charge in [-0.2, -0.15) is 0 Å². The number of aromatic nitrogens is 4. The third kappa shape index (κ3) is 5.29. The summed E-state index contributed by atoms with van der Waals surface area (Å²) in [5.74, 6) is 0.958. The van der Waals surface area contributed by atoms with Gasteiger partial charge in [-0.25, -0.2) is 9.97 Å². The zero-order valence-corrected chi connectivity index (χ0v) is 28.3. The number of nitrogens with zero attached hydrogens (tertiary/aromatic N) is 4. The van der Waals surface area contributed by atoms with Crippen molar-refractivity contribution in [2.75, 3.05) is 0 Å². The van der Waals surface area contributed by atoms with Gasteiger partial charge in [0.15, 0.2) is 0 Å². The molecule has 6 aromatic carbocycles. The van der Waals surface area contributed by atoms with Crippen LogP contribution in [0.3, 0.4) is 0 Å². The molecule has 0 amide bonds. The van der Waals surface area contributed by atoms with E-state index in [9.17, 15) is 5.11 Å². The fourth-order valence-corrected chi connectivity index (χ4v) is 6.66. The molecule has 6 heteroatoms. The van der Waals surface area contributed by atoms with E-state index >= 15 is 0 Å². The topological polar surface area (TPSA) is 63.8 Å². The molecule has 1 N–H and O–H groups in total. The average molecular weight is 811 g/mol. The van der Waals surface area contributed by atoms with E-state index in [1.54, 1.807) is 6.07 Å². The summed E-state index contributed by atoms with van der Waals surface area (Å²) in [5, 5.41) is 14.4. The number of phenols is 1. The van der Waals surface area contributed by atoms with Crippen molar-refractivity contribution in [2.45, 2.75) is 0 Å². The number of pyridine rings is 2. The zero-order valence-electron chi connectivity index (χ0n) is 26.1. The number of hydrogen-bond donors (Lipinski definition) is 1. The van der Waals surface area contributed by atoms with Crippen molar-refractivity contribution in [3.05, 3.63) is 164 Å². The normalized spacial score (nSPS) is 11.2. The summed E-state index contributed by atoms with van der Waals surface area (Å²) >= 11 is 0. The molecule has 9 aromatic rings. The Morgan fingerprint density at radius 2 is 1.27 bits per heavy atom. The summed E-state index contributed by atoms with van der Waals surface area (Å²) in [6.45, 7) is 0. The predicted molar refractivity (Wildman–Crippen MR) is 194 cm³/mol. The van der Waals surface area contributed by atoms with Gasteiger partial charge < -0.3 is 14.7 Å². The monoisotopic (exact) mass is 810 g/mol. The van der Waals surface area contributed by atoms with Gasteiger partial charge in [-0.15, -0.1) is 29.7 Å². The Morgan fingerprint density at radius 1 is 0.571 bits per heavy atom. The summed E-state index contributed by atoms with van der Waals surface area (Å²) in [5.41, 5.74) is 9.27. The van der Waals surface area contributed by atoms with Gasteiger partial charge in [-0.1, -0.05) is 121 Å². The Bertz CT molecular complexity index is 2570. The minimum absolute atomic E-state index is 0. The maximum atomic E-state index is 10.9. The van der Waals surface area contributed by atoms with E-state index < -0.39 is 0 Å². The molecule has 0 aliphatic rings. The number of benzene rings is 6. The van der Waals surface area contributed by atoms with E-state index in [-0.39, 0.29) is 26.8 Å². The zero-order chi connectivity index (χ0) is 32.0. The molecule has 0 spiro atoms. The van der Waals surface area contributed by atoms with Crippen LogP contribution in [0.4, 0.5) is 0 Å². The Balaban J connectivity index is 0.00000348. The van der Waals surface area contributed by atoms with Crippen molar-refractivity contribution < 1.29 is 26.2 Å². The Labute approximate surface area is 297 Å². The first-order valence-electron chi connectivity index (χ1n) is 15.8. The van der Waals surface area contributed by atoms with E-state index in [1.165, 1.54) is 0 Å². The second-order valence-corrected chi connectivity index (χ2v) is 11.8. The van der Waals surface area contributed by atoms with E-state index in [0.717, 1.165) is 71.9 Å². The first-order valence-corrected chi connectivity index (χ1v) is 15.8. The standard InChI is InChI=1S/C43H27N4O.Pt/c48-39-20-9-15-30-21-22-31-23-24-37(45-41(31)40(30)39)38-27-47(43(46-38)35-25-26-44-36-19-8-7-16-34(35)36)42-32(28-11-3-1-4-12-28)17-10-18-33(42)29-13-5-2-6-14-29;/h1-15,17-27,48H;/q-1;. The van der Waals surface area contributed by atoms with Crippen LogP contribution < -0.4 is 0 Å². The van der Waals surface area contributed by atoms with Crippen molar-refractivity contribution in [2.24, 2.45) is 0 Å². The van der Waals surface area contributed by atoms with E-state index in [4.69, 9.17) is 9.97 Å². The summed E-state index contributed by atoms with van der Waals surface area (Å²) in [4.78, 5) is 15.1. The van der Waals surface area contributed by atoms with Crippen molar-refractivity contribution in [3.63, 3.8) is 0 Å². The van der Waals surface area contributed by atoms with Crippen molar-refractivity contribution in [3.8, 4) is 56.5 Å². The number of rotatable bonds is 5. The van der Waals surface area contributed by atoms with Gasteiger partial charge in [0.2, 0.25) is 0 Å². The molecule has 0 atom stereocenters. The number of aromatic hydroxyl groups is 1. The average Bonchev–Trinajstić information content (AvgIpc) is 3.60. The van der Waals surface area contributed by atoms with Crippen LogP contribution in [0.15, 0.2) is 158 Å². The van der Waals surface area contributed by atoms with Crippen LogP contribution in [-0.2, 0) is 21.1 Å². The van der Waals surface area contributed by atoms with Gasteiger partial charge in [0.05, 0.1) is 16.9 Å². The fourth-order valence-electron chi connectivity index (χ4n) is 6.66. The third-order valence-corrected chi connectivity index (χ3v) is 8.89. The largest absolute Gasteiger partial charge is 0.507 e. The van der Waals surface area contributed by atoms with Crippen LogP contribution in [0, 0.1) is 6.07 Å². The predicted octanol–water partition coefficient (Wildman–Crippen LogP) is 10.3. The molecule has 0 unspecified atom stereocenters. The van der Waals surface area contributed by atoms with Crippen LogP contribution >= 0.6 is 0 Å². The van der Waals surface area contributed by atoms with Gasteiger partial charge in [0.25, 0.3) is 0 Å². The molecule has 236 valence electrons. The minimum atomic E-state index is 0. The molecular formula is C43H27N4OPt-. The fraction of sp³-hybridized carbons (Fsp3) is 0.